The minimum absolute atomic E-state index is 0.785. The molecule has 0 N–H and O–H groups in total. The molecule has 0 rings (SSSR count). The Labute approximate surface area is 97.1 Å². The van der Waals surface area contributed by atoms with Crippen LogP contribution >= 0.6 is 30.1 Å². The van der Waals surface area contributed by atoms with Gasteiger partial charge in [0.05, 0.1) is 0 Å². The highest BCUT2D eigenvalue weighted by Crippen LogP contribution is 2.27. The Morgan fingerprint density at radius 1 is 1.31 bits per heavy atom. The number of hydrogen-bond acceptors (Lipinski definition) is 3. The van der Waals surface area contributed by atoms with Gasteiger partial charge < -0.3 is 0 Å². The summed E-state index contributed by atoms with van der Waals surface area (Å²) in [6.45, 7) is 3.01. The van der Waals surface area contributed by atoms with Crippen LogP contribution in [0.2, 0.25) is 0 Å². The van der Waals surface area contributed by atoms with Gasteiger partial charge in [0.1, 0.15) is 18.9 Å². The van der Waals surface area contributed by atoms with E-state index in [1.165, 1.54) is 30.8 Å². The van der Waals surface area contributed by atoms with Gasteiger partial charge in [-0.3, -0.25) is 0 Å². The van der Waals surface area contributed by atoms with Crippen LogP contribution in [0.15, 0.2) is 0 Å². The lowest BCUT2D eigenvalue weighted by atomic mass is 10.4. The molecule has 78 valence electrons. The molecule has 1 nitrogen and oxygen atoms in total. The molecule has 1 unspecified atom stereocenters. The van der Waals surface area contributed by atoms with Gasteiger partial charge in [-0.25, -0.2) is 0 Å². The second-order valence-electron chi connectivity index (χ2n) is 2.74. The van der Waals surface area contributed by atoms with Crippen molar-refractivity contribution in [3.8, 4) is 0 Å². The molecule has 0 aromatic carbocycles. The van der Waals surface area contributed by atoms with E-state index in [0.717, 1.165) is 13.0 Å². The summed E-state index contributed by atoms with van der Waals surface area (Å²) in [5.41, 5.74) is 0. The maximum atomic E-state index is 5.20. The molecule has 5 heteroatoms. The van der Waals surface area contributed by atoms with Gasteiger partial charge in [0.25, 0.3) is 0 Å². The largest absolute Gasteiger partial charge is 0.411 e. The van der Waals surface area contributed by atoms with Gasteiger partial charge in [-0.1, -0.05) is 13.3 Å². The first-order valence-electron chi connectivity index (χ1n) is 4.64. The number of hydrogen-bond donors (Lipinski definition) is 1. The Hall–Kier alpha value is 1.18. The standard InChI is InChI=1S/C8H17OPS3/c1-2-3-7-13-8-5-4-6-9-10(11)12/h2-8H2,1H3/p+1. The fourth-order valence-electron chi connectivity index (χ4n) is 0.797. The highest BCUT2D eigenvalue weighted by atomic mass is 32.9. The summed E-state index contributed by atoms with van der Waals surface area (Å²) < 4.78 is 5.20. The summed E-state index contributed by atoms with van der Waals surface area (Å²) in [7, 11) is 0. The average Bonchev–Trinajstić information content (AvgIpc) is 2.09. The van der Waals surface area contributed by atoms with Gasteiger partial charge in [-0.2, -0.15) is 16.3 Å². The predicted octanol–water partition coefficient (Wildman–Crippen LogP) is 4.02. The van der Waals surface area contributed by atoms with Crippen molar-refractivity contribution in [2.24, 2.45) is 0 Å². The van der Waals surface area contributed by atoms with Crippen LogP contribution in [-0.4, -0.2) is 18.1 Å². The SMILES string of the molecule is CCCCSCCCCO[P+](=S)S. The zero-order valence-corrected chi connectivity index (χ0v) is 11.5. The molecule has 13 heavy (non-hydrogen) atoms. The van der Waals surface area contributed by atoms with Gasteiger partial charge in [-0.15, -0.1) is 0 Å². The molecular formula is C8H18OPS3+. The summed E-state index contributed by atoms with van der Waals surface area (Å²) in [6, 6.07) is 0. The zero-order valence-electron chi connectivity index (χ0n) is 8.07. The Morgan fingerprint density at radius 3 is 2.62 bits per heavy atom. The Balaban J connectivity index is 2.87. The van der Waals surface area contributed by atoms with Crippen molar-refractivity contribution >= 4 is 41.9 Å². The number of rotatable bonds is 9. The molecule has 0 aliphatic rings. The second kappa shape index (κ2) is 11.3. The van der Waals surface area contributed by atoms with E-state index in [1.807, 2.05) is 11.8 Å². The fourth-order valence-corrected chi connectivity index (χ4v) is 2.66. The van der Waals surface area contributed by atoms with E-state index >= 15 is 0 Å². The van der Waals surface area contributed by atoms with E-state index in [4.69, 9.17) is 16.3 Å². The van der Waals surface area contributed by atoms with Crippen LogP contribution in [-0.2, 0) is 16.3 Å². The lowest BCUT2D eigenvalue weighted by Gasteiger charge is -1.98. The van der Waals surface area contributed by atoms with Crippen LogP contribution < -0.4 is 0 Å². The van der Waals surface area contributed by atoms with E-state index < -0.39 is 6.13 Å². The quantitative estimate of drug-likeness (QED) is 0.380. The van der Waals surface area contributed by atoms with Gasteiger partial charge in [-0.05, 0) is 30.8 Å². The summed E-state index contributed by atoms with van der Waals surface area (Å²) in [6.07, 6.45) is 4.14. The molecule has 0 aromatic heterocycles. The molecule has 0 radical (unpaired) electrons. The molecule has 0 bridgehead atoms. The summed E-state index contributed by atoms with van der Waals surface area (Å²) >= 11 is 10.9. The van der Waals surface area contributed by atoms with E-state index in [9.17, 15) is 0 Å². The van der Waals surface area contributed by atoms with Gasteiger partial charge in [0, 0.05) is 0 Å². The Bertz CT molecular complexity index is 133. The van der Waals surface area contributed by atoms with E-state index in [0.29, 0.717) is 0 Å². The summed E-state index contributed by atoms with van der Waals surface area (Å²) in [4.78, 5) is 0. The van der Waals surface area contributed by atoms with Crippen molar-refractivity contribution in [3.05, 3.63) is 0 Å². The van der Waals surface area contributed by atoms with Crippen LogP contribution in [0.1, 0.15) is 32.6 Å². The minimum Gasteiger partial charge on any atom is -0.162 e. The van der Waals surface area contributed by atoms with Gasteiger partial charge in [0.2, 0.25) is 11.8 Å². The van der Waals surface area contributed by atoms with Crippen LogP contribution in [0.3, 0.4) is 0 Å². The first kappa shape index (κ1) is 14.2. The number of thiol groups is 1. The Kier molecular flexibility index (Phi) is 12.3. The molecule has 0 amide bonds. The monoisotopic (exact) mass is 257 g/mol. The smallest absolute Gasteiger partial charge is 0.162 e. The molecule has 0 aromatic rings. The first-order chi connectivity index (χ1) is 6.27. The van der Waals surface area contributed by atoms with Gasteiger partial charge in [0.15, 0.2) is 0 Å². The minimum atomic E-state index is -0.860. The number of unbranched alkanes of at least 4 members (excludes halogenated alkanes) is 2. The summed E-state index contributed by atoms with van der Waals surface area (Å²) in [5.74, 6) is 2.56. The van der Waals surface area contributed by atoms with Crippen molar-refractivity contribution in [3.63, 3.8) is 0 Å². The van der Waals surface area contributed by atoms with Crippen LogP contribution in [0, 0.1) is 0 Å². The predicted molar refractivity (Wildman–Crippen MR) is 70.7 cm³/mol. The average molecular weight is 257 g/mol. The van der Waals surface area contributed by atoms with Crippen molar-refractivity contribution in [1.29, 1.82) is 0 Å². The maximum absolute atomic E-state index is 5.20. The molecule has 0 heterocycles. The van der Waals surface area contributed by atoms with E-state index in [2.05, 4.69) is 19.2 Å². The maximum Gasteiger partial charge on any atom is 0.411 e. The molecule has 0 fully saturated rings. The topological polar surface area (TPSA) is 9.23 Å². The second-order valence-corrected chi connectivity index (χ2v) is 7.60. The van der Waals surface area contributed by atoms with Crippen LogP contribution in [0.4, 0.5) is 0 Å². The highest BCUT2D eigenvalue weighted by Gasteiger charge is 2.01. The van der Waals surface area contributed by atoms with Crippen molar-refractivity contribution in [2.75, 3.05) is 18.1 Å². The molecule has 0 saturated carbocycles. The third kappa shape index (κ3) is 13.2. The lowest BCUT2D eigenvalue weighted by molar-refractivity contribution is 0.358. The zero-order chi connectivity index (χ0) is 9.94. The fraction of sp³-hybridized carbons (Fsp3) is 1.00. The van der Waals surface area contributed by atoms with Crippen molar-refractivity contribution in [2.45, 2.75) is 32.6 Å². The molecule has 1 atom stereocenters. The summed E-state index contributed by atoms with van der Waals surface area (Å²) in [5, 5.41) is 0. The van der Waals surface area contributed by atoms with Crippen LogP contribution in [0.5, 0.6) is 0 Å². The Morgan fingerprint density at radius 2 is 2.00 bits per heavy atom. The van der Waals surface area contributed by atoms with Crippen molar-refractivity contribution in [1.82, 2.24) is 0 Å². The molecule has 0 aliphatic carbocycles. The number of thioether (sulfide) groups is 1. The van der Waals surface area contributed by atoms with E-state index in [-0.39, 0.29) is 0 Å². The lowest BCUT2D eigenvalue weighted by Crippen LogP contribution is -1.88. The third-order valence-corrected chi connectivity index (χ3v) is 3.75. The highest BCUT2D eigenvalue weighted by molar-refractivity contribution is 8.54. The van der Waals surface area contributed by atoms with E-state index in [1.54, 1.807) is 0 Å². The third-order valence-electron chi connectivity index (χ3n) is 1.53. The molecular weight excluding hydrogens is 239 g/mol. The molecule has 0 spiro atoms. The first-order valence-corrected chi connectivity index (χ1v) is 9.22. The van der Waals surface area contributed by atoms with Gasteiger partial charge >= 0.3 is 6.13 Å². The van der Waals surface area contributed by atoms with Crippen molar-refractivity contribution < 1.29 is 4.52 Å². The molecule has 0 saturated heterocycles. The van der Waals surface area contributed by atoms with Crippen LogP contribution in [0.25, 0.3) is 0 Å². The normalized spacial score (nSPS) is 11.7. The molecule has 0 aliphatic heterocycles.